The van der Waals surface area contributed by atoms with Crippen LogP contribution in [0.1, 0.15) is 28.5 Å². The van der Waals surface area contributed by atoms with Crippen LogP contribution >= 0.6 is 11.6 Å². The minimum absolute atomic E-state index is 0.0541. The number of ketones is 1. The van der Waals surface area contributed by atoms with Crippen molar-refractivity contribution < 1.29 is 18.0 Å². The average Bonchev–Trinajstić information content (AvgIpc) is 2.87. The number of aryl methyl sites for hydroxylation is 1. The molecule has 3 heterocycles. The smallest absolute Gasteiger partial charge is 0.299 e. The van der Waals surface area contributed by atoms with Crippen molar-refractivity contribution in [2.24, 2.45) is 0 Å². The summed E-state index contributed by atoms with van der Waals surface area (Å²) in [5.41, 5.74) is 0.829. The number of Topliss-reactive ketones (excluding diaryl/α,β-unsaturated/α-hetero) is 1. The first-order valence-electron chi connectivity index (χ1n) is 8.36. The van der Waals surface area contributed by atoms with Gasteiger partial charge in [0, 0.05) is 18.3 Å². The Labute approximate surface area is 164 Å². The summed E-state index contributed by atoms with van der Waals surface area (Å²) in [5, 5.41) is 0.303. The molecule has 0 aliphatic heterocycles. The molecule has 0 aromatic carbocycles. The van der Waals surface area contributed by atoms with Gasteiger partial charge >= 0.3 is 6.18 Å². The fraction of sp³-hybridized carbons (Fsp3) is 0.263. The molecule has 0 radical (unpaired) electrons. The zero-order valence-electron chi connectivity index (χ0n) is 15.1. The van der Waals surface area contributed by atoms with Gasteiger partial charge in [-0.1, -0.05) is 17.7 Å². The van der Waals surface area contributed by atoms with E-state index in [4.69, 9.17) is 11.6 Å². The number of carbonyl (C=O) groups is 1. The third kappa shape index (κ3) is 4.39. The van der Waals surface area contributed by atoms with Gasteiger partial charge in [0.25, 0.3) is 0 Å². The monoisotopic (exact) mass is 408 g/mol. The molecule has 0 amide bonds. The number of nitrogens with zero attached hydrogens (tertiary/aromatic N) is 4. The highest BCUT2D eigenvalue weighted by Gasteiger charge is 2.32. The van der Waals surface area contributed by atoms with Crippen LogP contribution < -0.4 is 0 Å². The topological polar surface area (TPSA) is 60.7 Å². The molecule has 146 valence electrons. The summed E-state index contributed by atoms with van der Waals surface area (Å²) < 4.78 is 40.4. The molecule has 5 nitrogen and oxygen atoms in total. The lowest BCUT2D eigenvalue weighted by Gasteiger charge is -2.11. The maximum absolute atomic E-state index is 13.0. The van der Waals surface area contributed by atoms with Crippen molar-refractivity contribution in [2.75, 3.05) is 0 Å². The third-order valence-electron chi connectivity index (χ3n) is 4.18. The summed E-state index contributed by atoms with van der Waals surface area (Å²) in [5.74, 6) is 0.475. The molecule has 0 saturated heterocycles. The van der Waals surface area contributed by atoms with Gasteiger partial charge < -0.3 is 0 Å². The van der Waals surface area contributed by atoms with E-state index in [-0.39, 0.29) is 24.4 Å². The number of alkyl halides is 3. The molecule has 0 aliphatic carbocycles. The fourth-order valence-electron chi connectivity index (χ4n) is 2.94. The lowest BCUT2D eigenvalue weighted by atomic mass is 10.1. The van der Waals surface area contributed by atoms with Crippen LogP contribution in [0, 0.1) is 13.8 Å². The molecule has 0 fully saturated rings. The molecule has 3 aromatic rings. The summed E-state index contributed by atoms with van der Waals surface area (Å²) >= 11 is 5.83. The molecular formula is C19H16ClF3N4O. The van der Waals surface area contributed by atoms with Gasteiger partial charge in [-0.25, -0.2) is 15.0 Å². The number of hydrogen-bond donors (Lipinski definition) is 0. The van der Waals surface area contributed by atoms with Gasteiger partial charge in [0.1, 0.15) is 28.3 Å². The highest BCUT2D eigenvalue weighted by Crippen LogP contribution is 2.28. The van der Waals surface area contributed by atoms with E-state index in [1.807, 2.05) is 0 Å². The molecule has 0 saturated carbocycles. The van der Waals surface area contributed by atoms with Crippen LogP contribution in [0.5, 0.6) is 0 Å². The van der Waals surface area contributed by atoms with Crippen LogP contribution in [0.2, 0.25) is 5.15 Å². The van der Waals surface area contributed by atoms with Crippen LogP contribution in [-0.2, 0) is 23.8 Å². The van der Waals surface area contributed by atoms with Crippen molar-refractivity contribution in [1.82, 2.24) is 19.5 Å². The second kappa shape index (κ2) is 7.71. The second-order valence-electron chi connectivity index (χ2n) is 6.28. The minimum atomic E-state index is -4.54. The van der Waals surface area contributed by atoms with Gasteiger partial charge in [-0.3, -0.25) is 9.36 Å². The first-order valence-corrected chi connectivity index (χ1v) is 8.74. The van der Waals surface area contributed by atoms with Crippen molar-refractivity contribution in [3.05, 3.63) is 70.2 Å². The molecule has 0 unspecified atom stereocenters. The quantitative estimate of drug-likeness (QED) is 0.590. The third-order valence-corrected chi connectivity index (χ3v) is 4.39. The van der Waals surface area contributed by atoms with Crippen molar-refractivity contribution >= 4 is 17.4 Å². The number of aromatic nitrogens is 4. The van der Waals surface area contributed by atoms with Gasteiger partial charge in [-0.2, -0.15) is 13.2 Å². The Kier molecular flexibility index (Phi) is 5.51. The summed E-state index contributed by atoms with van der Waals surface area (Å²) in [6.45, 7) is 3.36. The van der Waals surface area contributed by atoms with Crippen LogP contribution in [0.3, 0.4) is 0 Å². The number of carbonyl (C=O) groups excluding carboxylic acids is 1. The first-order chi connectivity index (χ1) is 13.1. The van der Waals surface area contributed by atoms with Crippen molar-refractivity contribution in [1.29, 1.82) is 0 Å². The van der Waals surface area contributed by atoms with Gasteiger partial charge in [-0.15, -0.1) is 0 Å². The number of rotatable bonds is 5. The molecule has 0 bridgehead atoms. The summed E-state index contributed by atoms with van der Waals surface area (Å²) in [7, 11) is 0. The Balaban J connectivity index is 1.85. The van der Waals surface area contributed by atoms with Gasteiger partial charge in [-0.05, 0) is 43.7 Å². The Bertz CT molecular complexity index is 1030. The molecule has 3 rings (SSSR count). The normalized spacial score (nSPS) is 11.6. The molecule has 3 aromatic heterocycles. The molecule has 0 aliphatic rings. The van der Waals surface area contributed by atoms with E-state index in [0.29, 0.717) is 22.4 Å². The van der Waals surface area contributed by atoms with Crippen molar-refractivity contribution in [2.45, 2.75) is 32.9 Å². The molecule has 28 heavy (non-hydrogen) atoms. The van der Waals surface area contributed by atoms with Crippen LogP contribution in [0.25, 0.3) is 5.82 Å². The Morgan fingerprint density at radius 1 is 1.14 bits per heavy atom. The predicted octanol–water partition coefficient (Wildman–Crippen LogP) is 4.31. The zero-order valence-corrected chi connectivity index (χ0v) is 15.8. The van der Waals surface area contributed by atoms with Crippen LogP contribution in [0.15, 0.2) is 36.5 Å². The Hall–Kier alpha value is -2.74. The highest BCUT2D eigenvalue weighted by atomic mass is 35.5. The lowest BCUT2D eigenvalue weighted by molar-refractivity contribution is -0.141. The maximum atomic E-state index is 13.0. The maximum Gasteiger partial charge on any atom is 0.433 e. The zero-order chi connectivity index (χ0) is 20.5. The molecular weight excluding hydrogens is 393 g/mol. The second-order valence-corrected chi connectivity index (χ2v) is 6.67. The number of pyridine rings is 2. The van der Waals surface area contributed by atoms with E-state index in [1.54, 1.807) is 26.0 Å². The average molecular weight is 409 g/mol. The van der Waals surface area contributed by atoms with Crippen molar-refractivity contribution in [3.63, 3.8) is 0 Å². The number of halogens is 4. The SMILES string of the molecule is Cc1nc(CC(=O)Cc2ccnc(Cl)c2)c(C)n1-c1cccc(C(F)(F)F)n1. The van der Waals surface area contributed by atoms with Crippen molar-refractivity contribution in [3.8, 4) is 5.82 Å². The van der Waals surface area contributed by atoms with E-state index in [2.05, 4.69) is 15.0 Å². The molecule has 0 spiro atoms. The number of hydrogen-bond acceptors (Lipinski definition) is 4. The molecule has 0 atom stereocenters. The van der Waals surface area contributed by atoms with Crippen LogP contribution in [0.4, 0.5) is 13.2 Å². The summed E-state index contributed by atoms with van der Waals surface area (Å²) in [4.78, 5) is 24.3. The van der Waals surface area contributed by atoms with E-state index >= 15 is 0 Å². The predicted molar refractivity (Wildman–Crippen MR) is 97.5 cm³/mol. The molecule has 9 heteroatoms. The fourth-order valence-corrected chi connectivity index (χ4v) is 3.13. The summed E-state index contributed by atoms with van der Waals surface area (Å²) in [6.07, 6.45) is -2.80. The Morgan fingerprint density at radius 3 is 2.57 bits per heavy atom. The first kappa shape index (κ1) is 20.0. The highest BCUT2D eigenvalue weighted by molar-refractivity contribution is 6.29. The van der Waals surface area contributed by atoms with E-state index in [0.717, 1.165) is 11.6 Å². The Morgan fingerprint density at radius 2 is 1.89 bits per heavy atom. The van der Waals surface area contributed by atoms with E-state index < -0.39 is 11.9 Å². The van der Waals surface area contributed by atoms with Gasteiger partial charge in [0.2, 0.25) is 0 Å². The van der Waals surface area contributed by atoms with Crippen LogP contribution in [-0.4, -0.2) is 25.3 Å². The number of imidazole rings is 1. The largest absolute Gasteiger partial charge is 0.433 e. The minimum Gasteiger partial charge on any atom is -0.299 e. The standard InChI is InChI=1S/C19H16ClF3N4O/c1-11-15(10-14(28)8-13-6-7-24-17(20)9-13)25-12(2)27(11)18-5-3-4-16(26-18)19(21,22)23/h3-7,9H,8,10H2,1-2H3. The van der Waals surface area contributed by atoms with Gasteiger partial charge in [0.15, 0.2) is 0 Å². The van der Waals surface area contributed by atoms with Gasteiger partial charge in [0.05, 0.1) is 12.1 Å². The van der Waals surface area contributed by atoms with E-state index in [1.165, 1.54) is 22.9 Å². The lowest BCUT2D eigenvalue weighted by Crippen LogP contribution is -2.11. The van der Waals surface area contributed by atoms with E-state index in [9.17, 15) is 18.0 Å². The molecule has 0 N–H and O–H groups in total. The summed E-state index contributed by atoms with van der Waals surface area (Å²) in [6, 6.07) is 6.99.